The molecule has 0 radical (unpaired) electrons. The lowest BCUT2D eigenvalue weighted by atomic mass is 9.98. The molecule has 0 aliphatic rings. The number of allylic oxidation sites excluding steroid dienone is 1. The molecular weight excluding hydrogens is 390 g/mol. The first-order chi connectivity index (χ1) is 14.5. The molecule has 3 nitrogen and oxygen atoms in total. The van der Waals surface area contributed by atoms with Gasteiger partial charge in [0.1, 0.15) is 12.4 Å². The van der Waals surface area contributed by atoms with Gasteiger partial charge in [0.25, 0.3) is 0 Å². The van der Waals surface area contributed by atoms with Gasteiger partial charge in [-0.2, -0.15) is 11.3 Å². The van der Waals surface area contributed by atoms with Crippen molar-refractivity contribution in [2.24, 2.45) is 5.41 Å². The Kier molecular flexibility index (Phi) is 10.3. The Morgan fingerprint density at radius 1 is 1.13 bits per heavy atom. The molecule has 0 fully saturated rings. The van der Waals surface area contributed by atoms with Crippen molar-refractivity contribution in [3.8, 4) is 41.1 Å². The highest BCUT2D eigenvalue weighted by Crippen LogP contribution is 2.25. The molecule has 1 heterocycles. The third kappa shape index (κ3) is 9.81. The zero-order valence-corrected chi connectivity index (χ0v) is 19.0. The number of nitrogens with zero attached hydrogens (tertiary/aromatic N) is 1. The van der Waals surface area contributed by atoms with E-state index in [9.17, 15) is 0 Å². The number of hydrogen-bond acceptors (Lipinski definition) is 4. The quantitative estimate of drug-likeness (QED) is 0.361. The summed E-state index contributed by atoms with van der Waals surface area (Å²) < 4.78 is 11.5. The molecule has 0 unspecified atom stereocenters. The lowest BCUT2D eigenvalue weighted by molar-refractivity contribution is 0.0847. The summed E-state index contributed by atoms with van der Waals surface area (Å²) in [5, 5.41) is 4.21. The topological polar surface area (TPSA) is 21.7 Å². The van der Waals surface area contributed by atoms with Gasteiger partial charge in [0.2, 0.25) is 0 Å². The van der Waals surface area contributed by atoms with Gasteiger partial charge in [-0.15, -0.1) is 6.42 Å². The molecule has 2 aromatic rings. The summed E-state index contributed by atoms with van der Waals surface area (Å²) in [5.41, 5.74) is 2.40. The van der Waals surface area contributed by atoms with Crippen molar-refractivity contribution in [3.05, 3.63) is 53.2 Å². The minimum absolute atomic E-state index is 0.0178. The molecule has 30 heavy (non-hydrogen) atoms. The summed E-state index contributed by atoms with van der Waals surface area (Å²) in [4.78, 5) is 2.15. The van der Waals surface area contributed by atoms with E-state index < -0.39 is 0 Å². The zero-order valence-electron chi connectivity index (χ0n) is 18.2. The Morgan fingerprint density at radius 2 is 2.00 bits per heavy atom. The highest BCUT2D eigenvalue weighted by Gasteiger charge is 2.04. The van der Waals surface area contributed by atoms with Gasteiger partial charge in [0.15, 0.2) is 0 Å². The monoisotopic (exact) mass is 421 g/mol. The van der Waals surface area contributed by atoms with Crippen LogP contribution in [-0.2, 0) is 4.74 Å². The SMILES string of the molecule is C#CCN(CC=CC#CC(C)(C)C)CCOCCOc1cccc(-c2ccsc2)c1. The van der Waals surface area contributed by atoms with E-state index in [4.69, 9.17) is 15.9 Å². The van der Waals surface area contributed by atoms with Crippen LogP contribution in [0.15, 0.2) is 53.2 Å². The van der Waals surface area contributed by atoms with Crippen molar-refractivity contribution in [3.63, 3.8) is 0 Å². The van der Waals surface area contributed by atoms with Crippen molar-refractivity contribution in [2.75, 3.05) is 39.5 Å². The Bertz CT molecular complexity index is 876. The number of terminal acetylenes is 1. The first-order valence-electron chi connectivity index (χ1n) is 10.1. The van der Waals surface area contributed by atoms with Crippen LogP contribution < -0.4 is 4.74 Å². The summed E-state index contributed by atoms with van der Waals surface area (Å²) in [5.74, 6) is 9.82. The minimum atomic E-state index is 0.0178. The first-order valence-corrected chi connectivity index (χ1v) is 11.1. The maximum Gasteiger partial charge on any atom is 0.120 e. The molecule has 0 spiro atoms. The van der Waals surface area contributed by atoms with Gasteiger partial charge in [-0.3, -0.25) is 4.90 Å². The molecule has 2 rings (SSSR count). The largest absolute Gasteiger partial charge is 0.491 e. The molecule has 0 aliphatic carbocycles. The molecule has 0 saturated heterocycles. The summed E-state index contributed by atoms with van der Waals surface area (Å²) in [6, 6.07) is 10.3. The molecule has 0 amide bonds. The lowest BCUT2D eigenvalue weighted by Gasteiger charge is -2.17. The molecule has 0 aliphatic heterocycles. The van der Waals surface area contributed by atoms with Crippen LogP contribution in [0.2, 0.25) is 0 Å². The molecule has 0 bridgehead atoms. The predicted molar refractivity (Wildman–Crippen MR) is 128 cm³/mol. The first kappa shape index (κ1) is 23.8. The Labute approximate surface area is 185 Å². The molecule has 4 heteroatoms. The van der Waals surface area contributed by atoms with Gasteiger partial charge in [0, 0.05) is 18.5 Å². The van der Waals surface area contributed by atoms with E-state index in [0.717, 1.165) is 18.8 Å². The van der Waals surface area contributed by atoms with E-state index in [1.165, 1.54) is 11.1 Å². The number of benzene rings is 1. The van der Waals surface area contributed by atoms with Crippen LogP contribution in [0.3, 0.4) is 0 Å². The number of ether oxygens (including phenoxy) is 2. The van der Waals surface area contributed by atoms with Crippen molar-refractivity contribution in [2.45, 2.75) is 20.8 Å². The van der Waals surface area contributed by atoms with Crippen LogP contribution in [-0.4, -0.2) is 44.4 Å². The smallest absolute Gasteiger partial charge is 0.120 e. The molecule has 158 valence electrons. The molecule has 0 saturated carbocycles. The standard InChI is InChI=1S/C26H31NO2S/c1-5-14-27(15-8-6-7-13-26(2,3)4)16-17-28-18-19-29-25-11-9-10-23(21-25)24-12-20-30-22-24/h1,6,8-12,20-22H,14-19H2,2-4H3. The third-order valence-corrected chi connectivity index (χ3v) is 4.75. The van der Waals surface area contributed by atoms with Gasteiger partial charge < -0.3 is 9.47 Å². The minimum Gasteiger partial charge on any atom is -0.491 e. The fourth-order valence-corrected chi connectivity index (χ4v) is 3.26. The van der Waals surface area contributed by atoms with E-state index in [2.05, 4.69) is 72.4 Å². The highest BCUT2D eigenvalue weighted by atomic mass is 32.1. The average molecular weight is 422 g/mol. The number of thiophene rings is 1. The second-order valence-corrected chi connectivity index (χ2v) is 8.64. The highest BCUT2D eigenvalue weighted by molar-refractivity contribution is 7.08. The van der Waals surface area contributed by atoms with E-state index in [0.29, 0.717) is 26.4 Å². The average Bonchev–Trinajstić information content (AvgIpc) is 3.24. The molecule has 0 N–H and O–H groups in total. The molecule has 0 atom stereocenters. The normalized spacial score (nSPS) is 11.3. The van der Waals surface area contributed by atoms with Crippen molar-refractivity contribution in [1.82, 2.24) is 4.90 Å². The second kappa shape index (κ2) is 12.9. The van der Waals surface area contributed by atoms with Crippen LogP contribution in [0.5, 0.6) is 5.75 Å². The Hall–Kier alpha value is -2.50. The summed E-state index contributed by atoms with van der Waals surface area (Å²) >= 11 is 1.69. The van der Waals surface area contributed by atoms with E-state index in [1.54, 1.807) is 11.3 Å². The van der Waals surface area contributed by atoms with Crippen LogP contribution in [0.1, 0.15) is 20.8 Å². The zero-order chi connectivity index (χ0) is 21.7. The Balaban J connectivity index is 1.65. The molecule has 1 aromatic heterocycles. The van der Waals surface area contributed by atoms with Crippen molar-refractivity contribution in [1.29, 1.82) is 0 Å². The summed E-state index contributed by atoms with van der Waals surface area (Å²) in [6.07, 6.45) is 9.41. The van der Waals surface area contributed by atoms with Gasteiger partial charge >= 0.3 is 0 Å². The van der Waals surface area contributed by atoms with E-state index >= 15 is 0 Å². The van der Waals surface area contributed by atoms with Gasteiger partial charge in [-0.1, -0.05) is 36.0 Å². The number of hydrogen-bond donors (Lipinski definition) is 0. The van der Waals surface area contributed by atoms with Crippen LogP contribution in [0, 0.1) is 29.6 Å². The molecular formula is C26H31NO2S. The van der Waals surface area contributed by atoms with E-state index in [1.807, 2.05) is 24.3 Å². The van der Waals surface area contributed by atoms with Crippen LogP contribution in [0.4, 0.5) is 0 Å². The van der Waals surface area contributed by atoms with E-state index in [-0.39, 0.29) is 5.41 Å². The maximum atomic E-state index is 5.82. The summed E-state index contributed by atoms with van der Waals surface area (Å²) in [6.45, 7) is 10.1. The van der Waals surface area contributed by atoms with Crippen LogP contribution in [0.25, 0.3) is 11.1 Å². The third-order valence-electron chi connectivity index (χ3n) is 4.06. The molecule has 1 aromatic carbocycles. The van der Waals surface area contributed by atoms with Crippen LogP contribution >= 0.6 is 11.3 Å². The fourth-order valence-electron chi connectivity index (χ4n) is 2.59. The van der Waals surface area contributed by atoms with Gasteiger partial charge in [-0.05, 0) is 66.9 Å². The number of rotatable bonds is 11. The van der Waals surface area contributed by atoms with Gasteiger partial charge in [0.05, 0.1) is 19.8 Å². The van der Waals surface area contributed by atoms with Crippen molar-refractivity contribution < 1.29 is 9.47 Å². The lowest BCUT2D eigenvalue weighted by Crippen LogP contribution is -2.28. The second-order valence-electron chi connectivity index (χ2n) is 7.86. The fraction of sp³-hybridized carbons (Fsp3) is 0.385. The summed E-state index contributed by atoms with van der Waals surface area (Å²) in [7, 11) is 0. The van der Waals surface area contributed by atoms with Gasteiger partial charge in [-0.25, -0.2) is 0 Å². The predicted octanol–water partition coefficient (Wildman–Crippen LogP) is 5.35. The maximum absolute atomic E-state index is 5.82. The van der Waals surface area contributed by atoms with Crippen molar-refractivity contribution >= 4 is 11.3 Å². The Morgan fingerprint density at radius 3 is 2.73 bits per heavy atom.